The fourth-order valence-corrected chi connectivity index (χ4v) is 3.38. The Balaban J connectivity index is 1.59. The number of carbonyl (C=O) groups is 1. The minimum Gasteiger partial charge on any atom is -0.360 e. The van der Waals surface area contributed by atoms with Crippen LogP contribution < -0.4 is 0 Å². The number of hydrogen-bond acceptors (Lipinski definition) is 4. The van der Waals surface area contributed by atoms with Gasteiger partial charge in [0.05, 0.1) is 5.69 Å². The maximum absolute atomic E-state index is 12.4. The average molecular weight is 337 g/mol. The van der Waals surface area contributed by atoms with Gasteiger partial charge in [0.1, 0.15) is 11.6 Å². The van der Waals surface area contributed by atoms with Gasteiger partial charge in [-0.05, 0) is 19.8 Å². The van der Waals surface area contributed by atoms with Gasteiger partial charge in [0.25, 0.3) is 0 Å². The van der Waals surface area contributed by atoms with Crippen LogP contribution in [-0.4, -0.2) is 38.6 Å². The number of likely N-dealkylation sites (tertiary alicyclic amines) is 1. The minimum absolute atomic E-state index is 0.146. The zero-order chi connectivity index (χ0) is 16.4. The summed E-state index contributed by atoms with van der Waals surface area (Å²) in [6, 6.07) is 1.66. The molecular formula is C16H21ClN4O2. The van der Waals surface area contributed by atoms with Crippen molar-refractivity contribution in [1.29, 1.82) is 0 Å². The number of hydrogen-bond donors (Lipinski definition) is 0. The number of imidazole rings is 1. The van der Waals surface area contributed by atoms with Crippen molar-refractivity contribution in [2.75, 3.05) is 13.1 Å². The van der Waals surface area contributed by atoms with Gasteiger partial charge >= 0.3 is 0 Å². The standard InChI is InChI=1S/C16H21ClN4O2/c1-11-9-20(2)16(18-11)12-4-3-7-21(10-12)15(22)6-5-13-8-14(17)19-23-13/h8-9,12H,3-7,10H2,1-2H3/t12-/m0/s1. The first kappa shape index (κ1) is 16.1. The summed E-state index contributed by atoms with van der Waals surface area (Å²) in [4.78, 5) is 19.0. The highest BCUT2D eigenvalue weighted by Gasteiger charge is 2.27. The maximum Gasteiger partial charge on any atom is 0.223 e. The van der Waals surface area contributed by atoms with Crippen LogP contribution in [0, 0.1) is 6.92 Å². The molecule has 6 nitrogen and oxygen atoms in total. The van der Waals surface area contributed by atoms with E-state index < -0.39 is 0 Å². The van der Waals surface area contributed by atoms with Crippen LogP contribution in [0.3, 0.4) is 0 Å². The van der Waals surface area contributed by atoms with Crippen LogP contribution in [0.4, 0.5) is 0 Å². The number of nitrogens with zero attached hydrogens (tertiary/aromatic N) is 4. The molecule has 0 N–H and O–H groups in total. The molecule has 1 aliphatic rings. The average Bonchev–Trinajstić information content (AvgIpc) is 3.10. The topological polar surface area (TPSA) is 64.2 Å². The number of rotatable bonds is 4. The van der Waals surface area contributed by atoms with E-state index in [2.05, 4.69) is 14.7 Å². The summed E-state index contributed by atoms with van der Waals surface area (Å²) in [6.07, 6.45) is 5.06. The van der Waals surface area contributed by atoms with E-state index in [4.69, 9.17) is 16.1 Å². The van der Waals surface area contributed by atoms with Crippen molar-refractivity contribution in [3.63, 3.8) is 0 Å². The third-order valence-corrected chi connectivity index (χ3v) is 4.47. The quantitative estimate of drug-likeness (QED) is 0.861. The smallest absolute Gasteiger partial charge is 0.223 e. The van der Waals surface area contributed by atoms with Gasteiger partial charge in [0.15, 0.2) is 5.15 Å². The van der Waals surface area contributed by atoms with E-state index in [9.17, 15) is 4.79 Å². The van der Waals surface area contributed by atoms with Crippen molar-refractivity contribution in [2.24, 2.45) is 7.05 Å². The molecule has 7 heteroatoms. The molecule has 0 aromatic carbocycles. The van der Waals surface area contributed by atoms with Crippen LogP contribution in [0.15, 0.2) is 16.8 Å². The molecule has 1 amide bonds. The lowest BCUT2D eigenvalue weighted by atomic mass is 9.96. The van der Waals surface area contributed by atoms with Crippen LogP contribution in [-0.2, 0) is 18.3 Å². The Morgan fingerprint density at radius 2 is 2.35 bits per heavy atom. The molecule has 3 rings (SSSR count). The van der Waals surface area contributed by atoms with Gasteiger partial charge in [-0.25, -0.2) is 4.98 Å². The molecule has 1 fully saturated rings. The molecule has 2 aromatic heterocycles. The minimum atomic E-state index is 0.146. The third-order valence-electron chi connectivity index (χ3n) is 4.29. The molecule has 124 valence electrons. The first-order chi connectivity index (χ1) is 11.0. The Bertz CT molecular complexity index is 694. The summed E-state index contributed by atoms with van der Waals surface area (Å²) < 4.78 is 7.12. The Kier molecular flexibility index (Phi) is 4.71. The Hall–Kier alpha value is -1.82. The summed E-state index contributed by atoms with van der Waals surface area (Å²) in [5.41, 5.74) is 1.02. The summed E-state index contributed by atoms with van der Waals surface area (Å²) in [5.74, 6) is 2.18. The molecule has 0 bridgehead atoms. The first-order valence-corrected chi connectivity index (χ1v) is 8.29. The summed E-state index contributed by atoms with van der Waals surface area (Å²) in [5, 5.41) is 3.95. The van der Waals surface area contributed by atoms with Gasteiger partial charge < -0.3 is 14.0 Å². The predicted octanol–water partition coefficient (Wildman–Crippen LogP) is 2.71. The second kappa shape index (κ2) is 6.74. The number of aryl methyl sites for hydroxylation is 3. The second-order valence-electron chi connectivity index (χ2n) is 6.15. The number of halogens is 1. The molecule has 0 saturated carbocycles. The lowest BCUT2D eigenvalue weighted by Gasteiger charge is -2.32. The van der Waals surface area contributed by atoms with Gasteiger partial charge in [-0.3, -0.25) is 4.79 Å². The van der Waals surface area contributed by atoms with Crippen molar-refractivity contribution in [3.05, 3.63) is 34.7 Å². The number of amides is 1. The highest BCUT2D eigenvalue weighted by atomic mass is 35.5. The van der Waals surface area contributed by atoms with E-state index in [1.165, 1.54) is 0 Å². The van der Waals surface area contributed by atoms with Crippen molar-refractivity contribution in [3.8, 4) is 0 Å². The van der Waals surface area contributed by atoms with E-state index in [1.807, 2.05) is 25.1 Å². The van der Waals surface area contributed by atoms with E-state index in [0.717, 1.165) is 37.4 Å². The lowest BCUT2D eigenvalue weighted by molar-refractivity contribution is -0.132. The van der Waals surface area contributed by atoms with Crippen LogP contribution in [0.25, 0.3) is 0 Å². The third kappa shape index (κ3) is 3.75. The maximum atomic E-state index is 12.4. The Morgan fingerprint density at radius 3 is 3.00 bits per heavy atom. The lowest BCUT2D eigenvalue weighted by Crippen LogP contribution is -2.39. The van der Waals surface area contributed by atoms with Gasteiger partial charge in [-0.15, -0.1) is 0 Å². The molecule has 1 aliphatic heterocycles. The normalized spacial score (nSPS) is 18.4. The number of piperidine rings is 1. The van der Waals surface area contributed by atoms with Gasteiger partial charge in [-0.1, -0.05) is 16.8 Å². The zero-order valence-corrected chi connectivity index (χ0v) is 14.2. The highest BCUT2D eigenvalue weighted by molar-refractivity contribution is 6.29. The van der Waals surface area contributed by atoms with Crippen molar-refractivity contribution in [2.45, 2.75) is 38.5 Å². The van der Waals surface area contributed by atoms with Crippen LogP contribution in [0.1, 0.15) is 42.5 Å². The van der Waals surface area contributed by atoms with Crippen molar-refractivity contribution >= 4 is 17.5 Å². The summed E-state index contributed by atoms with van der Waals surface area (Å²) >= 11 is 5.72. The SMILES string of the molecule is Cc1cn(C)c([C@H]2CCCN(C(=O)CCc3cc(Cl)no3)C2)n1. The second-order valence-corrected chi connectivity index (χ2v) is 6.53. The molecule has 0 spiro atoms. The van der Waals surface area contributed by atoms with Crippen LogP contribution in [0.2, 0.25) is 5.15 Å². The molecule has 2 aromatic rings. The van der Waals surface area contributed by atoms with Gasteiger partial charge in [-0.2, -0.15) is 0 Å². The highest BCUT2D eigenvalue weighted by Crippen LogP contribution is 2.26. The summed E-state index contributed by atoms with van der Waals surface area (Å²) in [6.45, 7) is 3.55. The van der Waals surface area contributed by atoms with Crippen LogP contribution >= 0.6 is 11.6 Å². The molecule has 0 aliphatic carbocycles. The fourth-order valence-electron chi connectivity index (χ4n) is 3.22. The predicted molar refractivity (Wildman–Crippen MR) is 86.3 cm³/mol. The van der Waals surface area contributed by atoms with E-state index >= 15 is 0 Å². The van der Waals surface area contributed by atoms with Gasteiger partial charge in [0.2, 0.25) is 5.91 Å². The number of carbonyl (C=O) groups excluding carboxylic acids is 1. The molecular weight excluding hydrogens is 316 g/mol. The Labute approximate surface area is 140 Å². The number of aromatic nitrogens is 3. The van der Waals surface area contributed by atoms with Crippen molar-refractivity contribution in [1.82, 2.24) is 19.6 Å². The fraction of sp³-hybridized carbons (Fsp3) is 0.562. The molecule has 0 radical (unpaired) electrons. The largest absolute Gasteiger partial charge is 0.360 e. The van der Waals surface area contributed by atoms with E-state index in [-0.39, 0.29) is 5.91 Å². The van der Waals surface area contributed by atoms with E-state index in [0.29, 0.717) is 29.7 Å². The summed E-state index contributed by atoms with van der Waals surface area (Å²) in [7, 11) is 2.02. The van der Waals surface area contributed by atoms with Gasteiger partial charge in [0, 0.05) is 51.2 Å². The van der Waals surface area contributed by atoms with E-state index in [1.54, 1.807) is 6.07 Å². The zero-order valence-electron chi connectivity index (χ0n) is 13.5. The molecule has 0 unspecified atom stereocenters. The molecule has 3 heterocycles. The molecule has 1 saturated heterocycles. The monoisotopic (exact) mass is 336 g/mol. The molecule has 23 heavy (non-hydrogen) atoms. The Morgan fingerprint density at radius 1 is 1.52 bits per heavy atom. The van der Waals surface area contributed by atoms with Crippen LogP contribution in [0.5, 0.6) is 0 Å². The first-order valence-electron chi connectivity index (χ1n) is 7.91. The molecule has 1 atom stereocenters. The van der Waals surface area contributed by atoms with Crippen molar-refractivity contribution < 1.29 is 9.32 Å².